The van der Waals surface area contributed by atoms with Crippen LogP contribution in [0.2, 0.25) is 0 Å². The average Bonchev–Trinajstić information content (AvgIpc) is 2.43. The van der Waals surface area contributed by atoms with Crippen molar-refractivity contribution in [2.75, 3.05) is 20.6 Å². The summed E-state index contributed by atoms with van der Waals surface area (Å²) < 4.78 is 0. The molecule has 0 heterocycles. The van der Waals surface area contributed by atoms with Gasteiger partial charge in [0.2, 0.25) is 0 Å². The smallest absolute Gasteiger partial charge is 0.178 e. The van der Waals surface area contributed by atoms with Gasteiger partial charge in [0, 0.05) is 5.56 Å². The third kappa shape index (κ3) is 2.19. The minimum absolute atomic E-state index is 0.169. The zero-order valence-corrected chi connectivity index (χ0v) is 11.8. The van der Waals surface area contributed by atoms with Crippen molar-refractivity contribution in [1.82, 2.24) is 4.90 Å². The predicted octanol–water partition coefficient (Wildman–Crippen LogP) is 3.74. The highest BCUT2D eigenvalue weighted by atomic mass is 16.1. The van der Waals surface area contributed by atoms with Crippen molar-refractivity contribution in [2.45, 2.75) is 0 Å². The first-order valence-corrected chi connectivity index (χ1v) is 6.75. The lowest BCUT2D eigenvalue weighted by Gasteiger charge is -2.13. The highest BCUT2D eigenvalue weighted by molar-refractivity contribution is 6.19. The summed E-state index contributed by atoms with van der Waals surface area (Å²) in [4.78, 5) is 14.6. The highest BCUT2D eigenvalue weighted by Gasteiger charge is 2.15. The summed E-state index contributed by atoms with van der Waals surface area (Å²) in [6.07, 6.45) is 0. The number of fused-ring (bicyclic) bond motifs is 2. The van der Waals surface area contributed by atoms with Crippen LogP contribution in [0, 0.1) is 0 Å². The Morgan fingerprint density at radius 3 is 1.90 bits per heavy atom. The van der Waals surface area contributed by atoms with Crippen LogP contribution in [0.25, 0.3) is 21.5 Å². The van der Waals surface area contributed by atoms with Gasteiger partial charge in [0.25, 0.3) is 0 Å². The number of carbonyl (C=O) groups is 1. The maximum atomic E-state index is 12.6. The summed E-state index contributed by atoms with van der Waals surface area (Å²) in [5.74, 6) is 0.169. The molecule has 0 atom stereocenters. The van der Waals surface area contributed by atoms with Gasteiger partial charge in [-0.05, 0) is 41.7 Å². The topological polar surface area (TPSA) is 20.3 Å². The summed E-state index contributed by atoms with van der Waals surface area (Å²) in [5.41, 5.74) is 0.840. The molecule has 0 fully saturated rings. The largest absolute Gasteiger partial charge is 0.302 e. The van der Waals surface area contributed by atoms with Crippen LogP contribution in [0.3, 0.4) is 0 Å². The Morgan fingerprint density at radius 1 is 0.900 bits per heavy atom. The van der Waals surface area contributed by atoms with Crippen LogP contribution in [0.15, 0.2) is 54.6 Å². The van der Waals surface area contributed by atoms with Crippen molar-refractivity contribution in [3.05, 3.63) is 60.2 Å². The van der Waals surface area contributed by atoms with Gasteiger partial charge in [-0.3, -0.25) is 4.79 Å². The first kappa shape index (κ1) is 12.8. The Kier molecular flexibility index (Phi) is 3.25. The second-order valence-corrected chi connectivity index (χ2v) is 5.35. The number of carbonyl (C=O) groups excluding carboxylic acids is 1. The minimum atomic E-state index is 0.169. The molecule has 0 saturated carbocycles. The Bertz CT molecular complexity index is 736. The molecule has 0 unspecified atom stereocenters. The number of nitrogens with zero attached hydrogens (tertiary/aromatic N) is 1. The number of hydrogen-bond donors (Lipinski definition) is 0. The summed E-state index contributed by atoms with van der Waals surface area (Å²) in [7, 11) is 3.84. The fourth-order valence-corrected chi connectivity index (χ4v) is 2.68. The van der Waals surface area contributed by atoms with Crippen LogP contribution in [-0.4, -0.2) is 31.3 Å². The molecule has 0 aliphatic heterocycles. The third-order valence-corrected chi connectivity index (χ3v) is 3.51. The van der Waals surface area contributed by atoms with Gasteiger partial charge in [-0.2, -0.15) is 0 Å². The molecule has 3 aromatic rings. The number of rotatable bonds is 3. The van der Waals surface area contributed by atoms with Crippen LogP contribution in [0.5, 0.6) is 0 Å². The molecular formula is C18H17NO. The van der Waals surface area contributed by atoms with Gasteiger partial charge < -0.3 is 4.90 Å². The van der Waals surface area contributed by atoms with Crippen LogP contribution in [0.1, 0.15) is 10.4 Å². The third-order valence-electron chi connectivity index (χ3n) is 3.51. The summed E-state index contributed by atoms with van der Waals surface area (Å²) in [6, 6.07) is 18.3. The van der Waals surface area contributed by atoms with Crippen LogP contribution in [0.4, 0.5) is 0 Å². The van der Waals surface area contributed by atoms with Crippen molar-refractivity contribution in [3.63, 3.8) is 0 Å². The Balaban J connectivity index is 2.36. The van der Waals surface area contributed by atoms with Gasteiger partial charge in [0.15, 0.2) is 5.78 Å². The van der Waals surface area contributed by atoms with Gasteiger partial charge in [-0.15, -0.1) is 0 Å². The first-order valence-electron chi connectivity index (χ1n) is 6.75. The van der Waals surface area contributed by atoms with E-state index in [1.165, 1.54) is 0 Å². The zero-order chi connectivity index (χ0) is 14.1. The van der Waals surface area contributed by atoms with E-state index in [2.05, 4.69) is 18.2 Å². The number of hydrogen-bond acceptors (Lipinski definition) is 2. The van der Waals surface area contributed by atoms with Gasteiger partial charge >= 0.3 is 0 Å². The molecule has 0 spiro atoms. The SMILES string of the molecule is CN(C)CC(=O)c1c2ccccc2cc2ccccc12. The number of likely N-dealkylation sites (N-methyl/N-ethyl adjacent to an activating group) is 1. The van der Waals surface area contributed by atoms with E-state index in [4.69, 9.17) is 0 Å². The lowest BCUT2D eigenvalue weighted by Crippen LogP contribution is -2.22. The molecule has 3 rings (SSSR count). The second kappa shape index (κ2) is 5.06. The molecule has 20 heavy (non-hydrogen) atoms. The molecule has 100 valence electrons. The predicted molar refractivity (Wildman–Crippen MR) is 84.3 cm³/mol. The maximum Gasteiger partial charge on any atom is 0.178 e. The van der Waals surface area contributed by atoms with Gasteiger partial charge in [-0.1, -0.05) is 48.5 Å². The van der Waals surface area contributed by atoms with E-state index in [0.717, 1.165) is 27.1 Å². The fourth-order valence-electron chi connectivity index (χ4n) is 2.68. The number of Topliss-reactive ketones (excluding diaryl/α,β-unsaturated/α-hetero) is 1. The first-order chi connectivity index (χ1) is 9.66. The van der Waals surface area contributed by atoms with Gasteiger partial charge in [0.05, 0.1) is 6.54 Å². The summed E-state index contributed by atoms with van der Waals surface area (Å²) in [5, 5.41) is 4.32. The summed E-state index contributed by atoms with van der Waals surface area (Å²) in [6.45, 7) is 0.429. The standard InChI is InChI=1S/C18H17NO/c1-19(2)12-17(20)18-15-9-5-3-7-13(15)11-14-8-4-6-10-16(14)18/h3-11H,12H2,1-2H3. The maximum absolute atomic E-state index is 12.6. The van der Waals surface area contributed by atoms with E-state index in [9.17, 15) is 4.79 Å². The second-order valence-electron chi connectivity index (χ2n) is 5.35. The van der Waals surface area contributed by atoms with Crippen molar-refractivity contribution in [2.24, 2.45) is 0 Å². The van der Waals surface area contributed by atoms with Gasteiger partial charge in [-0.25, -0.2) is 0 Å². The molecule has 0 amide bonds. The van der Waals surface area contributed by atoms with E-state index in [0.29, 0.717) is 6.54 Å². The highest BCUT2D eigenvalue weighted by Crippen LogP contribution is 2.28. The number of ketones is 1. The zero-order valence-electron chi connectivity index (χ0n) is 11.8. The molecule has 2 nitrogen and oxygen atoms in total. The van der Waals surface area contributed by atoms with E-state index in [-0.39, 0.29) is 5.78 Å². The normalized spacial score (nSPS) is 11.3. The van der Waals surface area contributed by atoms with Crippen molar-refractivity contribution in [1.29, 1.82) is 0 Å². The van der Waals surface area contributed by atoms with Crippen LogP contribution < -0.4 is 0 Å². The van der Waals surface area contributed by atoms with E-state index >= 15 is 0 Å². The molecular weight excluding hydrogens is 246 g/mol. The van der Waals surface area contributed by atoms with Crippen LogP contribution >= 0.6 is 0 Å². The Labute approximate surface area is 118 Å². The lowest BCUT2D eigenvalue weighted by molar-refractivity contribution is 0.0961. The van der Waals surface area contributed by atoms with E-state index < -0.39 is 0 Å². The van der Waals surface area contributed by atoms with Crippen molar-refractivity contribution < 1.29 is 4.79 Å². The molecule has 0 aromatic heterocycles. The fraction of sp³-hybridized carbons (Fsp3) is 0.167. The molecule has 3 aromatic carbocycles. The molecule has 0 aliphatic carbocycles. The molecule has 0 radical (unpaired) electrons. The Hall–Kier alpha value is -2.19. The van der Waals surface area contributed by atoms with Gasteiger partial charge in [0.1, 0.15) is 0 Å². The minimum Gasteiger partial charge on any atom is -0.302 e. The summed E-state index contributed by atoms with van der Waals surface area (Å²) >= 11 is 0. The van der Waals surface area contributed by atoms with Crippen molar-refractivity contribution in [3.8, 4) is 0 Å². The van der Waals surface area contributed by atoms with E-state index in [1.807, 2.05) is 55.4 Å². The molecule has 2 heteroatoms. The Morgan fingerprint density at radius 2 is 1.40 bits per heavy atom. The molecule has 0 aliphatic rings. The average molecular weight is 263 g/mol. The quantitative estimate of drug-likeness (QED) is 0.530. The molecule has 0 N–H and O–H groups in total. The number of benzene rings is 3. The molecule has 0 bridgehead atoms. The van der Waals surface area contributed by atoms with Crippen LogP contribution in [-0.2, 0) is 0 Å². The van der Waals surface area contributed by atoms with E-state index in [1.54, 1.807) is 0 Å². The monoisotopic (exact) mass is 263 g/mol. The lowest BCUT2D eigenvalue weighted by atomic mass is 9.94. The van der Waals surface area contributed by atoms with Crippen molar-refractivity contribution >= 4 is 27.3 Å². The molecule has 0 saturated heterocycles.